The minimum absolute atomic E-state index is 0.756. The zero-order valence-corrected chi connectivity index (χ0v) is 24.7. The van der Waals surface area contributed by atoms with Crippen LogP contribution in [-0.2, 0) is 6.54 Å². The van der Waals surface area contributed by atoms with Crippen LogP contribution < -0.4 is 15.1 Å². The van der Waals surface area contributed by atoms with Crippen molar-refractivity contribution in [2.24, 2.45) is 0 Å². The van der Waals surface area contributed by atoms with Crippen LogP contribution in [0, 0.1) is 13.8 Å². The molecule has 1 aromatic heterocycles. The van der Waals surface area contributed by atoms with E-state index in [2.05, 4.69) is 113 Å². The summed E-state index contributed by atoms with van der Waals surface area (Å²) in [4.78, 5) is 7.67. The Hall–Kier alpha value is -3.61. The minimum Gasteiger partial charge on any atom is -0.372 e. The van der Waals surface area contributed by atoms with Gasteiger partial charge in [0.25, 0.3) is 0 Å². The maximum absolute atomic E-state index is 5.06. The molecule has 214 valence electrons. The summed E-state index contributed by atoms with van der Waals surface area (Å²) < 4.78 is 2.03. The van der Waals surface area contributed by atoms with E-state index < -0.39 is 0 Å². The number of piperidine rings is 1. The van der Waals surface area contributed by atoms with Crippen LogP contribution >= 0.6 is 0 Å². The van der Waals surface area contributed by atoms with Gasteiger partial charge >= 0.3 is 0 Å². The summed E-state index contributed by atoms with van der Waals surface area (Å²) in [6.07, 6.45) is 6.12. The standard InChI is InChI=1S/C35H44N6/c1-28-11-9-16-35(29(28)2)40-23-21-38(22-24-40)20-17-36-26-34-33(27-41(37-34)31-13-5-3-6-14-31)30-12-10-15-32(25-30)39-18-7-4-8-19-39/h3,5-6,9-16,25,27,36H,4,7-8,17-24,26H2,1-2H3. The van der Waals surface area contributed by atoms with E-state index in [1.807, 2.05) is 4.68 Å². The molecule has 0 spiro atoms. The fourth-order valence-corrected chi connectivity index (χ4v) is 6.25. The number of aryl methyl sites for hydroxylation is 1. The lowest BCUT2D eigenvalue weighted by atomic mass is 10.0. The van der Waals surface area contributed by atoms with Crippen LogP contribution in [0.2, 0.25) is 0 Å². The SMILES string of the molecule is Cc1cccc(N2CCN(CCNCc3nn(-c4ccccc4)cc3-c3cccc(N4CCCCC4)c3)CC2)c1C. The van der Waals surface area contributed by atoms with Crippen molar-refractivity contribution in [1.82, 2.24) is 20.0 Å². The molecule has 2 saturated heterocycles. The summed E-state index contributed by atoms with van der Waals surface area (Å²) in [6.45, 7) is 13.9. The Morgan fingerprint density at radius 2 is 1.49 bits per heavy atom. The Kier molecular flexibility index (Phi) is 8.68. The van der Waals surface area contributed by atoms with E-state index in [1.165, 1.54) is 52.9 Å². The Balaban J connectivity index is 1.10. The third kappa shape index (κ3) is 6.50. The molecule has 41 heavy (non-hydrogen) atoms. The van der Waals surface area contributed by atoms with Gasteiger partial charge in [-0.3, -0.25) is 4.90 Å². The lowest BCUT2D eigenvalue weighted by molar-refractivity contribution is 0.257. The maximum Gasteiger partial charge on any atom is 0.0845 e. The molecular weight excluding hydrogens is 504 g/mol. The highest BCUT2D eigenvalue weighted by molar-refractivity contribution is 5.70. The Labute approximate surface area is 245 Å². The van der Waals surface area contributed by atoms with Gasteiger partial charge < -0.3 is 15.1 Å². The second kappa shape index (κ2) is 12.9. The third-order valence-electron chi connectivity index (χ3n) is 8.88. The van der Waals surface area contributed by atoms with Crippen molar-refractivity contribution >= 4 is 11.4 Å². The van der Waals surface area contributed by atoms with Gasteiger partial charge in [-0.1, -0.05) is 42.5 Å². The van der Waals surface area contributed by atoms with Gasteiger partial charge in [-0.25, -0.2) is 4.68 Å². The number of hydrogen-bond donors (Lipinski definition) is 1. The van der Waals surface area contributed by atoms with Gasteiger partial charge in [0.05, 0.1) is 11.4 Å². The third-order valence-corrected chi connectivity index (χ3v) is 8.88. The Morgan fingerprint density at radius 3 is 2.29 bits per heavy atom. The van der Waals surface area contributed by atoms with Crippen molar-refractivity contribution in [3.05, 3.63) is 95.8 Å². The fraction of sp³-hybridized carbons (Fsp3) is 0.400. The summed E-state index contributed by atoms with van der Waals surface area (Å²) in [6, 6.07) is 26.2. The number of benzene rings is 3. The zero-order chi connectivity index (χ0) is 28.0. The Morgan fingerprint density at radius 1 is 0.732 bits per heavy atom. The highest BCUT2D eigenvalue weighted by Crippen LogP contribution is 2.30. The smallest absolute Gasteiger partial charge is 0.0845 e. The van der Waals surface area contributed by atoms with E-state index in [-0.39, 0.29) is 0 Å². The molecule has 0 radical (unpaired) electrons. The molecule has 2 fully saturated rings. The van der Waals surface area contributed by atoms with Crippen molar-refractivity contribution < 1.29 is 0 Å². The molecule has 2 aliphatic heterocycles. The van der Waals surface area contributed by atoms with Gasteiger partial charge in [0.2, 0.25) is 0 Å². The number of nitrogens with one attached hydrogen (secondary N) is 1. The van der Waals surface area contributed by atoms with E-state index in [9.17, 15) is 0 Å². The molecule has 0 saturated carbocycles. The van der Waals surface area contributed by atoms with Crippen LogP contribution in [-0.4, -0.2) is 67.0 Å². The predicted molar refractivity (Wildman–Crippen MR) is 171 cm³/mol. The molecule has 6 heteroatoms. The van der Waals surface area contributed by atoms with Crippen molar-refractivity contribution in [1.29, 1.82) is 0 Å². The van der Waals surface area contributed by atoms with Crippen molar-refractivity contribution in [2.75, 3.05) is 62.2 Å². The van der Waals surface area contributed by atoms with Crippen molar-refractivity contribution in [2.45, 2.75) is 39.7 Å². The minimum atomic E-state index is 0.756. The fourth-order valence-electron chi connectivity index (χ4n) is 6.25. The predicted octanol–water partition coefficient (Wildman–Crippen LogP) is 6.06. The van der Waals surface area contributed by atoms with E-state index in [1.54, 1.807) is 0 Å². The lowest BCUT2D eigenvalue weighted by Crippen LogP contribution is -2.48. The van der Waals surface area contributed by atoms with Crippen LogP contribution in [0.3, 0.4) is 0 Å². The summed E-state index contributed by atoms with van der Waals surface area (Å²) in [5.74, 6) is 0. The molecule has 2 aliphatic rings. The first-order valence-corrected chi connectivity index (χ1v) is 15.4. The number of anilines is 2. The van der Waals surface area contributed by atoms with E-state index in [4.69, 9.17) is 5.10 Å². The first-order chi connectivity index (χ1) is 20.2. The first-order valence-electron chi connectivity index (χ1n) is 15.4. The first kappa shape index (κ1) is 27.6. The van der Waals surface area contributed by atoms with Gasteiger partial charge in [-0.15, -0.1) is 0 Å². The summed E-state index contributed by atoms with van der Waals surface area (Å²) >= 11 is 0. The number of rotatable bonds is 9. The van der Waals surface area contributed by atoms with Crippen molar-refractivity contribution in [3.8, 4) is 16.8 Å². The summed E-state index contributed by atoms with van der Waals surface area (Å²) in [7, 11) is 0. The second-order valence-corrected chi connectivity index (χ2v) is 11.6. The molecule has 4 aromatic rings. The molecule has 3 heterocycles. The number of aromatic nitrogens is 2. The molecule has 1 N–H and O–H groups in total. The quantitative estimate of drug-likeness (QED) is 0.258. The molecule has 0 amide bonds. The van der Waals surface area contributed by atoms with Gasteiger partial charge in [0.1, 0.15) is 0 Å². The van der Waals surface area contributed by atoms with Crippen LogP contribution in [0.4, 0.5) is 11.4 Å². The maximum atomic E-state index is 5.06. The Bertz CT molecular complexity index is 1410. The molecule has 3 aromatic carbocycles. The van der Waals surface area contributed by atoms with Gasteiger partial charge in [0, 0.05) is 82.0 Å². The average Bonchev–Trinajstić information content (AvgIpc) is 3.46. The average molecular weight is 549 g/mol. The molecule has 6 nitrogen and oxygen atoms in total. The normalized spacial score (nSPS) is 16.3. The highest BCUT2D eigenvalue weighted by atomic mass is 15.3. The molecule has 6 rings (SSSR count). The lowest BCUT2D eigenvalue weighted by Gasteiger charge is -2.37. The zero-order valence-electron chi connectivity index (χ0n) is 24.7. The molecule has 0 aliphatic carbocycles. The van der Waals surface area contributed by atoms with Gasteiger partial charge in [-0.2, -0.15) is 5.10 Å². The van der Waals surface area contributed by atoms with Gasteiger partial charge in [0.15, 0.2) is 0 Å². The molecular formula is C35H44N6. The van der Waals surface area contributed by atoms with Gasteiger partial charge in [-0.05, 0) is 80.1 Å². The number of piperazine rings is 1. The number of para-hydroxylation sites is 1. The number of nitrogens with zero attached hydrogens (tertiary/aromatic N) is 5. The second-order valence-electron chi connectivity index (χ2n) is 11.6. The van der Waals surface area contributed by atoms with Crippen molar-refractivity contribution in [3.63, 3.8) is 0 Å². The van der Waals surface area contributed by atoms with E-state index in [0.29, 0.717) is 0 Å². The van der Waals surface area contributed by atoms with Crippen LogP contribution in [0.25, 0.3) is 16.8 Å². The highest BCUT2D eigenvalue weighted by Gasteiger charge is 2.19. The van der Waals surface area contributed by atoms with E-state index >= 15 is 0 Å². The van der Waals surface area contributed by atoms with Crippen LogP contribution in [0.1, 0.15) is 36.1 Å². The monoisotopic (exact) mass is 548 g/mol. The largest absolute Gasteiger partial charge is 0.372 e. The molecule has 0 bridgehead atoms. The molecule has 0 unspecified atom stereocenters. The summed E-state index contributed by atoms with van der Waals surface area (Å²) in [5.41, 5.74) is 10.2. The van der Waals surface area contributed by atoms with E-state index in [0.717, 1.165) is 70.3 Å². The van der Waals surface area contributed by atoms with Crippen LogP contribution in [0.15, 0.2) is 79.0 Å². The van der Waals surface area contributed by atoms with Crippen LogP contribution in [0.5, 0.6) is 0 Å². The summed E-state index contributed by atoms with van der Waals surface area (Å²) in [5, 5.41) is 8.78. The number of hydrogen-bond acceptors (Lipinski definition) is 5. The molecule has 0 atom stereocenters. The topological polar surface area (TPSA) is 39.6 Å².